The van der Waals surface area contributed by atoms with Gasteiger partial charge in [-0.2, -0.15) is 0 Å². The van der Waals surface area contributed by atoms with E-state index in [1.54, 1.807) is 24.3 Å². The zero-order valence-corrected chi connectivity index (χ0v) is 12.2. The van der Waals surface area contributed by atoms with Crippen LogP contribution in [0.25, 0.3) is 0 Å². The van der Waals surface area contributed by atoms with Crippen molar-refractivity contribution in [2.24, 2.45) is 5.73 Å². The molecule has 1 rings (SSSR count). The molecule has 0 aromatic heterocycles. The predicted molar refractivity (Wildman–Crippen MR) is 82.0 cm³/mol. The van der Waals surface area contributed by atoms with Crippen LogP contribution in [0.1, 0.15) is 30.4 Å². The van der Waals surface area contributed by atoms with Crippen molar-refractivity contribution in [3.8, 4) is 12.3 Å². The van der Waals surface area contributed by atoms with Crippen LogP contribution < -0.4 is 11.1 Å². The van der Waals surface area contributed by atoms with Gasteiger partial charge in [-0.3, -0.25) is 4.79 Å². The van der Waals surface area contributed by atoms with E-state index in [1.807, 2.05) is 0 Å². The molecule has 118 valence electrons. The Bertz CT molecular complexity index is 534. The van der Waals surface area contributed by atoms with E-state index in [2.05, 4.69) is 11.2 Å². The molecule has 0 aliphatic heterocycles. The van der Waals surface area contributed by atoms with E-state index in [4.69, 9.17) is 22.0 Å². The maximum absolute atomic E-state index is 11.5. The minimum absolute atomic E-state index is 0.167. The number of rotatable bonds is 8. The minimum atomic E-state index is -1.01. The van der Waals surface area contributed by atoms with Gasteiger partial charge in [0.15, 0.2) is 0 Å². The monoisotopic (exact) mass is 304 g/mol. The van der Waals surface area contributed by atoms with Crippen LogP contribution in [-0.4, -0.2) is 29.8 Å². The smallest absolute Gasteiger partial charge is 0.407 e. The first-order chi connectivity index (χ1) is 10.5. The molecule has 0 heterocycles. The number of unbranched alkanes of at least 4 members (excludes halogenated alkanes) is 1. The standard InChI is InChI=1S/C16H20N2O4/c1-2-12-6-8-13(9-7-12)11-22-16(21)18-10-4-3-5-14(17)15(19)20/h1,6-9,14H,3-5,10-11,17H2,(H,18,21)(H,19,20). The molecule has 1 unspecified atom stereocenters. The second kappa shape index (κ2) is 9.42. The number of aliphatic carboxylic acids is 1. The molecule has 1 aromatic carbocycles. The predicted octanol–water partition coefficient (Wildman–Crippen LogP) is 1.48. The van der Waals surface area contributed by atoms with Gasteiger partial charge in [0.25, 0.3) is 0 Å². The molecular formula is C16H20N2O4. The lowest BCUT2D eigenvalue weighted by Gasteiger charge is -2.08. The number of hydrogen-bond acceptors (Lipinski definition) is 4. The first kappa shape index (κ1) is 17.5. The van der Waals surface area contributed by atoms with Crippen molar-refractivity contribution in [1.82, 2.24) is 5.32 Å². The molecule has 1 atom stereocenters. The number of carbonyl (C=O) groups is 2. The summed E-state index contributed by atoms with van der Waals surface area (Å²) in [5, 5.41) is 11.2. The Morgan fingerprint density at radius 1 is 1.32 bits per heavy atom. The van der Waals surface area contributed by atoms with Gasteiger partial charge in [0.05, 0.1) is 0 Å². The summed E-state index contributed by atoms with van der Waals surface area (Å²) < 4.78 is 5.05. The van der Waals surface area contributed by atoms with Crippen molar-refractivity contribution in [3.63, 3.8) is 0 Å². The molecule has 0 saturated heterocycles. The van der Waals surface area contributed by atoms with Crippen LogP contribution in [0.4, 0.5) is 4.79 Å². The Kier molecular flexibility index (Phi) is 7.51. The average Bonchev–Trinajstić information content (AvgIpc) is 2.52. The number of ether oxygens (including phenoxy) is 1. The van der Waals surface area contributed by atoms with Gasteiger partial charge in [-0.15, -0.1) is 6.42 Å². The number of carboxylic acids is 1. The van der Waals surface area contributed by atoms with E-state index >= 15 is 0 Å². The molecule has 1 aromatic rings. The van der Waals surface area contributed by atoms with E-state index < -0.39 is 18.1 Å². The Morgan fingerprint density at radius 2 is 2.00 bits per heavy atom. The zero-order chi connectivity index (χ0) is 16.4. The number of carboxylic acid groups (broad SMARTS) is 1. The number of carbonyl (C=O) groups excluding carboxylic acids is 1. The van der Waals surface area contributed by atoms with Gasteiger partial charge in [0.1, 0.15) is 12.6 Å². The molecule has 0 spiro atoms. The van der Waals surface area contributed by atoms with Crippen LogP contribution in [0.2, 0.25) is 0 Å². The number of alkyl carbamates (subject to hydrolysis) is 1. The van der Waals surface area contributed by atoms with Crippen LogP contribution in [0.3, 0.4) is 0 Å². The summed E-state index contributed by atoms with van der Waals surface area (Å²) in [7, 11) is 0. The van der Waals surface area contributed by atoms with Crippen LogP contribution >= 0.6 is 0 Å². The Hall–Kier alpha value is -2.52. The normalized spacial score (nSPS) is 11.3. The average molecular weight is 304 g/mol. The summed E-state index contributed by atoms with van der Waals surface area (Å²) in [6.45, 7) is 0.585. The SMILES string of the molecule is C#Cc1ccc(COC(=O)NCCCCC(N)C(=O)O)cc1. The van der Waals surface area contributed by atoms with Crippen LogP contribution in [0.5, 0.6) is 0 Å². The van der Waals surface area contributed by atoms with Gasteiger partial charge >= 0.3 is 12.1 Å². The van der Waals surface area contributed by atoms with Crippen LogP contribution in [0.15, 0.2) is 24.3 Å². The Morgan fingerprint density at radius 3 is 2.59 bits per heavy atom. The third kappa shape index (κ3) is 6.77. The molecule has 0 aliphatic rings. The minimum Gasteiger partial charge on any atom is -0.480 e. The highest BCUT2D eigenvalue weighted by Gasteiger charge is 2.10. The van der Waals surface area contributed by atoms with Gasteiger partial charge in [-0.05, 0) is 37.0 Å². The number of terminal acetylenes is 1. The van der Waals surface area contributed by atoms with Gasteiger partial charge in [0.2, 0.25) is 0 Å². The fourth-order valence-corrected chi connectivity index (χ4v) is 1.70. The van der Waals surface area contributed by atoms with Gasteiger partial charge in [-0.1, -0.05) is 18.1 Å². The van der Waals surface area contributed by atoms with Crippen molar-refractivity contribution in [1.29, 1.82) is 0 Å². The molecule has 1 amide bonds. The van der Waals surface area contributed by atoms with Crippen molar-refractivity contribution < 1.29 is 19.4 Å². The van der Waals surface area contributed by atoms with E-state index in [-0.39, 0.29) is 6.61 Å². The summed E-state index contributed by atoms with van der Waals surface area (Å²) in [4.78, 5) is 22.0. The zero-order valence-electron chi connectivity index (χ0n) is 12.2. The first-order valence-corrected chi connectivity index (χ1v) is 6.97. The summed E-state index contributed by atoms with van der Waals surface area (Å²) in [6, 6.07) is 6.31. The molecule has 0 aliphatic carbocycles. The van der Waals surface area contributed by atoms with E-state index in [9.17, 15) is 9.59 Å². The number of nitrogens with two attached hydrogens (primary N) is 1. The van der Waals surface area contributed by atoms with Crippen molar-refractivity contribution in [3.05, 3.63) is 35.4 Å². The number of hydrogen-bond donors (Lipinski definition) is 3. The number of nitrogens with one attached hydrogen (secondary N) is 1. The maximum atomic E-state index is 11.5. The first-order valence-electron chi connectivity index (χ1n) is 6.97. The Labute approximate surface area is 129 Å². The molecular weight excluding hydrogens is 284 g/mol. The molecule has 0 radical (unpaired) electrons. The summed E-state index contributed by atoms with van der Waals surface area (Å²) in [6.07, 6.45) is 6.39. The molecule has 6 heteroatoms. The van der Waals surface area contributed by atoms with Crippen molar-refractivity contribution in [2.45, 2.75) is 31.9 Å². The highest BCUT2D eigenvalue weighted by atomic mass is 16.5. The highest BCUT2D eigenvalue weighted by Crippen LogP contribution is 2.05. The molecule has 0 bridgehead atoms. The van der Waals surface area contributed by atoms with Crippen LogP contribution in [-0.2, 0) is 16.1 Å². The fourth-order valence-electron chi connectivity index (χ4n) is 1.70. The summed E-state index contributed by atoms with van der Waals surface area (Å²) >= 11 is 0. The quantitative estimate of drug-likeness (QED) is 0.499. The number of amides is 1. The third-order valence-corrected chi connectivity index (χ3v) is 3.02. The maximum Gasteiger partial charge on any atom is 0.407 e. The second-order valence-electron chi connectivity index (χ2n) is 4.78. The summed E-state index contributed by atoms with van der Waals surface area (Å²) in [5.41, 5.74) is 6.99. The lowest BCUT2D eigenvalue weighted by molar-refractivity contribution is -0.138. The molecule has 6 nitrogen and oxygen atoms in total. The van der Waals surface area contributed by atoms with Gasteiger partial charge < -0.3 is 20.9 Å². The summed E-state index contributed by atoms with van der Waals surface area (Å²) in [5.74, 6) is 1.50. The number of benzene rings is 1. The molecule has 0 fully saturated rings. The van der Waals surface area contributed by atoms with E-state index in [1.165, 1.54) is 0 Å². The molecule has 0 saturated carbocycles. The lowest BCUT2D eigenvalue weighted by atomic mass is 10.1. The molecule has 4 N–H and O–H groups in total. The largest absolute Gasteiger partial charge is 0.480 e. The lowest BCUT2D eigenvalue weighted by Crippen LogP contribution is -2.30. The van der Waals surface area contributed by atoms with E-state index in [0.29, 0.717) is 25.8 Å². The van der Waals surface area contributed by atoms with Crippen LogP contribution in [0, 0.1) is 12.3 Å². The second-order valence-corrected chi connectivity index (χ2v) is 4.78. The topological polar surface area (TPSA) is 102 Å². The van der Waals surface area contributed by atoms with Crippen molar-refractivity contribution in [2.75, 3.05) is 6.54 Å². The Balaban J connectivity index is 2.13. The van der Waals surface area contributed by atoms with Gasteiger partial charge in [0, 0.05) is 12.1 Å². The highest BCUT2D eigenvalue weighted by molar-refractivity contribution is 5.72. The van der Waals surface area contributed by atoms with E-state index in [0.717, 1.165) is 11.1 Å². The third-order valence-electron chi connectivity index (χ3n) is 3.02. The van der Waals surface area contributed by atoms with Crippen molar-refractivity contribution >= 4 is 12.1 Å². The molecule has 22 heavy (non-hydrogen) atoms. The fraction of sp³-hybridized carbons (Fsp3) is 0.375. The van der Waals surface area contributed by atoms with Gasteiger partial charge in [-0.25, -0.2) is 4.79 Å².